The Balaban J connectivity index is 0.000000293. The maximum atomic E-state index is 12.5. The molecule has 0 bridgehead atoms. The number of carbonyl (C=O) groups is 1. The lowest BCUT2D eigenvalue weighted by atomic mass is 9.77. The number of aromatic hydroxyl groups is 2. The first kappa shape index (κ1) is 26.4. The minimum absolute atomic E-state index is 0.0371. The maximum absolute atomic E-state index is 12.5. The summed E-state index contributed by atoms with van der Waals surface area (Å²) in [5.41, 5.74) is 1.28. The van der Waals surface area contributed by atoms with Gasteiger partial charge in [-0.1, -0.05) is 18.2 Å². The lowest BCUT2D eigenvalue weighted by Crippen LogP contribution is -2.32. The van der Waals surface area contributed by atoms with Crippen molar-refractivity contribution in [2.75, 3.05) is 0 Å². The molecule has 0 saturated carbocycles. The Morgan fingerprint density at radius 2 is 1.09 bits per heavy atom. The van der Waals surface area contributed by atoms with Crippen LogP contribution in [-0.4, -0.2) is 45.5 Å². The van der Waals surface area contributed by atoms with Gasteiger partial charge < -0.3 is 49.0 Å². The molecule has 0 amide bonds. The van der Waals surface area contributed by atoms with Gasteiger partial charge in [0.15, 0.2) is 5.60 Å². The molecule has 186 valence electrons. The molecule has 2 aliphatic rings. The predicted octanol–water partition coefficient (Wildman–Crippen LogP) is 1.81. The smallest absolute Gasteiger partial charge is 0.466 e. The molecule has 0 fully saturated rings. The number of benzene rings is 3. The van der Waals surface area contributed by atoms with Crippen LogP contribution in [-0.2, 0) is 19.5 Å². The van der Waals surface area contributed by atoms with E-state index in [9.17, 15) is 15.0 Å². The summed E-state index contributed by atoms with van der Waals surface area (Å²) >= 11 is 0. The third-order valence-electron chi connectivity index (χ3n) is 4.68. The summed E-state index contributed by atoms with van der Waals surface area (Å²) in [7, 11) is -9.28. The standard InChI is InChI=1S/C20H12O5.2H3O4P/c21-11-5-7-15-17(9-11)24-18-10-12(22)6-8-16(18)20(15)14-4-2-1-3-13(14)19(23)25-20;2*1-5(2,3)4/h1-10,21-22H;2*(H3,1,2,3,4). The van der Waals surface area contributed by atoms with Gasteiger partial charge in [0.25, 0.3) is 0 Å². The highest BCUT2D eigenvalue weighted by atomic mass is 31.2. The molecular weight excluding hydrogens is 510 g/mol. The molecule has 3 aromatic carbocycles. The molecule has 0 aliphatic carbocycles. The number of hydrogen-bond acceptors (Lipinski definition) is 7. The van der Waals surface area contributed by atoms with Crippen LogP contribution in [0.5, 0.6) is 23.0 Å². The van der Waals surface area contributed by atoms with Gasteiger partial charge in [-0.2, -0.15) is 0 Å². The van der Waals surface area contributed by atoms with Gasteiger partial charge in [0.1, 0.15) is 23.0 Å². The van der Waals surface area contributed by atoms with Gasteiger partial charge in [-0.05, 0) is 30.3 Å². The van der Waals surface area contributed by atoms with Crippen LogP contribution < -0.4 is 4.74 Å². The van der Waals surface area contributed by atoms with E-state index in [0.29, 0.717) is 33.8 Å². The Bertz CT molecular complexity index is 1290. The number of esters is 1. The third-order valence-corrected chi connectivity index (χ3v) is 4.68. The van der Waals surface area contributed by atoms with Crippen LogP contribution in [0.4, 0.5) is 0 Å². The quantitative estimate of drug-likeness (QED) is 0.154. The summed E-state index contributed by atoms with van der Waals surface area (Å²) in [5, 5.41) is 19.7. The Morgan fingerprint density at radius 1 is 0.657 bits per heavy atom. The van der Waals surface area contributed by atoms with E-state index in [1.807, 2.05) is 12.1 Å². The van der Waals surface area contributed by atoms with Crippen LogP contribution in [0.3, 0.4) is 0 Å². The molecule has 13 nitrogen and oxygen atoms in total. The van der Waals surface area contributed by atoms with Crippen molar-refractivity contribution in [3.63, 3.8) is 0 Å². The van der Waals surface area contributed by atoms with E-state index in [1.54, 1.807) is 24.3 Å². The number of phenolic OH excluding ortho intramolecular Hbond substituents is 2. The van der Waals surface area contributed by atoms with Crippen LogP contribution in [0, 0.1) is 0 Å². The van der Waals surface area contributed by atoms with Crippen molar-refractivity contribution >= 4 is 21.6 Å². The zero-order chi connectivity index (χ0) is 26.2. The van der Waals surface area contributed by atoms with Crippen molar-refractivity contribution < 1.29 is 63.0 Å². The average Bonchev–Trinajstić information content (AvgIpc) is 2.99. The lowest BCUT2D eigenvalue weighted by Gasteiger charge is -2.36. The van der Waals surface area contributed by atoms with Crippen LogP contribution in [0.2, 0.25) is 0 Å². The number of ether oxygens (including phenoxy) is 2. The minimum Gasteiger partial charge on any atom is -0.508 e. The molecule has 0 atom stereocenters. The highest BCUT2D eigenvalue weighted by molar-refractivity contribution is 7.45. The van der Waals surface area contributed by atoms with Crippen molar-refractivity contribution in [2.24, 2.45) is 0 Å². The topological polar surface area (TPSA) is 232 Å². The van der Waals surface area contributed by atoms with Crippen LogP contribution in [0.25, 0.3) is 0 Å². The maximum Gasteiger partial charge on any atom is 0.466 e. The van der Waals surface area contributed by atoms with Gasteiger partial charge in [-0.15, -0.1) is 0 Å². The minimum atomic E-state index is -4.64. The summed E-state index contributed by atoms with van der Waals surface area (Å²) in [6, 6.07) is 16.6. The van der Waals surface area contributed by atoms with Crippen molar-refractivity contribution in [2.45, 2.75) is 5.60 Å². The predicted molar refractivity (Wildman–Crippen MR) is 117 cm³/mol. The van der Waals surface area contributed by atoms with E-state index < -0.39 is 27.2 Å². The van der Waals surface area contributed by atoms with Crippen molar-refractivity contribution in [1.82, 2.24) is 0 Å². The SMILES string of the molecule is O=C1OC2(c3ccc(O)cc3Oc3cc(O)ccc32)c2ccccc21.O=P(O)(O)O.O=P(O)(O)O. The monoisotopic (exact) mass is 528 g/mol. The molecule has 0 saturated heterocycles. The first-order chi connectivity index (χ1) is 16.1. The Kier molecular flexibility index (Phi) is 7.09. The van der Waals surface area contributed by atoms with Crippen molar-refractivity contribution in [3.8, 4) is 23.0 Å². The number of phosphoric acid groups is 2. The first-order valence-electron chi connectivity index (χ1n) is 9.34. The molecule has 0 radical (unpaired) electrons. The second-order valence-corrected chi connectivity index (χ2v) is 9.16. The van der Waals surface area contributed by atoms with E-state index in [-0.39, 0.29) is 11.5 Å². The van der Waals surface area contributed by atoms with E-state index >= 15 is 0 Å². The molecule has 1 spiro atoms. The summed E-state index contributed by atoms with van der Waals surface area (Å²) in [6.07, 6.45) is 0. The highest BCUT2D eigenvalue weighted by Gasteiger charge is 2.53. The molecule has 2 aliphatic heterocycles. The molecule has 0 unspecified atom stereocenters. The van der Waals surface area contributed by atoms with Gasteiger partial charge in [0.05, 0.1) is 5.56 Å². The van der Waals surface area contributed by atoms with Crippen molar-refractivity contribution in [1.29, 1.82) is 0 Å². The van der Waals surface area contributed by atoms with E-state index in [2.05, 4.69) is 0 Å². The highest BCUT2D eigenvalue weighted by Crippen LogP contribution is 2.56. The molecular formula is C20H18O13P2. The summed E-state index contributed by atoms with van der Waals surface area (Å²) < 4.78 is 29.5. The second kappa shape index (κ2) is 9.42. The lowest BCUT2D eigenvalue weighted by molar-refractivity contribution is 0.0224. The summed E-state index contributed by atoms with van der Waals surface area (Å²) in [4.78, 5) is 55.7. The number of hydrogen-bond donors (Lipinski definition) is 8. The van der Waals surface area contributed by atoms with E-state index in [1.165, 1.54) is 24.3 Å². The molecule has 15 heteroatoms. The van der Waals surface area contributed by atoms with Gasteiger partial charge in [0.2, 0.25) is 0 Å². The van der Waals surface area contributed by atoms with Crippen LogP contribution in [0.15, 0.2) is 60.7 Å². The van der Waals surface area contributed by atoms with E-state index in [4.69, 9.17) is 48.0 Å². The molecule has 0 aromatic heterocycles. The molecule has 8 N–H and O–H groups in total. The number of phenols is 2. The fourth-order valence-corrected chi connectivity index (χ4v) is 3.65. The number of fused-ring (bicyclic) bond motifs is 6. The fourth-order valence-electron chi connectivity index (χ4n) is 3.65. The first-order valence-corrected chi connectivity index (χ1v) is 12.5. The average molecular weight is 528 g/mol. The van der Waals surface area contributed by atoms with Gasteiger partial charge >= 0.3 is 21.6 Å². The van der Waals surface area contributed by atoms with E-state index in [0.717, 1.165) is 0 Å². The summed E-state index contributed by atoms with van der Waals surface area (Å²) in [6.45, 7) is 0. The normalized spacial score (nSPS) is 14.6. The fraction of sp³-hybridized carbons (Fsp3) is 0.0500. The van der Waals surface area contributed by atoms with Crippen molar-refractivity contribution in [3.05, 3.63) is 82.9 Å². The van der Waals surface area contributed by atoms with Gasteiger partial charge in [-0.25, -0.2) is 13.9 Å². The largest absolute Gasteiger partial charge is 0.508 e. The zero-order valence-corrected chi connectivity index (χ0v) is 19.1. The Labute approximate surface area is 196 Å². The number of rotatable bonds is 0. The molecule has 2 heterocycles. The Hall–Kier alpha value is -3.25. The van der Waals surface area contributed by atoms with Gasteiger partial charge in [-0.3, -0.25) is 0 Å². The summed E-state index contributed by atoms with van der Waals surface area (Å²) in [5.74, 6) is 0.408. The molecule has 35 heavy (non-hydrogen) atoms. The second-order valence-electron chi connectivity index (χ2n) is 7.11. The Morgan fingerprint density at radius 3 is 1.54 bits per heavy atom. The third kappa shape index (κ3) is 6.06. The van der Waals surface area contributed by atoms with Crippen LogP contribution >= 0.6 is 15.6 Å². The van der Waals surface area contributed by atoms with Crippen LogP contribution in [0.1, 0.15) is 27.0 Å². The molecule has 5 rings (SSSR count). The van der Waals surface area contributed by atoms with Gasteiger partial charge in [0, 0.05) is 28.8 Å². The number of carbonyl (C=O) groups excluding carboxylic acids is 1. The molecule has 3 aromatic rings. The zero-order valence-electron chi connectivity index (χ0n) is 17.3.